The van der Waals surface area contributed by atoms with Gasteiger partial charge in [0.1, 0.15) is 0 Å². The lowest BCUT2D eigenvalue weighted by Gasteiger charge is -2.36. The molecule has 1 saturated heterocycles. The van der Waals surface area contributed by atoms with Gasteiger partial charge in [0.2, 0.25) is 5.91 Å². The van der Waals surface area contributed by atoms with Crippen molar-refractivity contribution in [3.63, 3.8) is 0 Å². The zero-order valence-electron chi connectivity index (χ0n) is 15.0. The summed E-state index contributed by atoms with van der Waals surface area (Å²) in [5, 5.41) is 2.61. The molecular weight excluding hydrogens is 302 g/mol. The molecule has 1 atom stereocenters. The SMILES string of the molecule is CC[C@H]1CCCCN1C(=O)CN(C)Cc1ccc(C(=O)NC)cc1. The molecule has 0 saturated carbocycles. The van der Waals surface area contributed by atoms with E-state index >= 15 is 0 Å². The molecule has 5 heteroatoms. The summed E-state index contributed by atoms with van der Waals surface area (Å²) in [6.45, 7) is 4.19. The summed E-state index contributed by atoms with van der Waals surface area (Å²) < 4.78 is 0. The topological polar surface area (TPSA) is 52.7 Å². The molecule has 1 heterocycles. The first-order valence-electron chi connectivity index (χ1n) is 8.84. The van der Waals surface area contributed by atoms with Gasteiger partial charge in [-0.05, 0) is 50.4 Å². The van der Waals surface area contributed by atoms with Gasteiger partial charge in [0.05, 0.1) is 6.54 Å². The second-order valence-corrected chi connectivity index (χ2v) is 6.59. The zero-order valence-corrected chi connectivity index (χ0v) is 15.0. The van der Waals surface area contributed by atoms with E-state index in [-0.39, 0.29) is 11.8 Å². The lowest BCUT2D eigenvalue weighted by Crippen LogP contribution is -2.47. The summed E-state index contributed by atoms with van der Waals surface area (Å²) in [6.07, 6.45) is 4.52. The van der Waals surface area contributed by atoms with E-state index < -0.39 is 0 Å². The van der Waals surface area contributed by atoms with E-state index in [0.717, 1.165) is 31.4 Å². The number of hydrogen-bond acceptors (Lipinski definition) is 3. The Morgan fingerprint density at radius 3 is 2.58 bits per heavy atom. The Kier molecular flexibility index (Phi) is 6.79. The molecule has 1 fully saturated rings. The number of nitrogens with one attached hydrogen (secondary N) is 1. The van der Waals surface area contributed by atoms with E-state index in [1.54, 1.807) is 7.05 Å². The fourth-order valence-electron chi connectivity index (χ4n) is 3.35. The molecule has 2 amide bonds. The van der Waals surface area contributed by atoms with Crippen LogP contribution in [0.25, 0.3) is 0 Å². The highest BCUT2D eigenvalue weighted by Gasteiger charge is 2.25. The second-order valence-electron chi connectivity index (χ2n) is 6.59. The van der Waals surface area contributed by atoms with Gasteiger partial charge >= 0.3 is 0 Å². The molecule has 1 aliphatic rings. The van der Waals surface area contributed by atoms with Crippen molar-refractivity contribution in [2.75, 3.05) is 27.2 Å². The van der Waals surface area contributed by atoms with Crippen LogP contribution in [0.15, 0.2) is 24.3 Å². The van der Waals surface area contributed by atoms with Gasteiger partial charge in [0.15, 0.2) is 0 Å². The van der Waals surface area contributed by atoms with E-state index in [1.807, 2.05) is 36.2 Å². The molecule has 0 spiro atoms. The van der Waals surface area contributed by atoms with Crippen LogP contribution in [0.4, 0.5) is 0 Å². The maximum Gasteiger partial charge on any atom is 0.251 e. The standard InChI is InChI=1S/C19H29N3O2/c1-4-17-7-5-6-12-22(17)18(23)14-21(3)13-15-8-10-16(11-9-15)19(24)20-2/h8-11,17H,4-7,12-14H2,1-3H3,(H,20,24)/t17-/m0/s1. The largest absolute Gasteiger partial charge is 0.355 e. The number of rotatable bonds is 6. The predicted octanol–water partition coefficient (Wildman–Crippen LogP) is 2.27. The van der Waals surface area contributed by atoms with Crippen molar-refractivity contribution < 1.29 is 9.59 Å². The first kappa shape index (κ1) is 18.5. The van der Waals surface area contributed by atoms with E-state index in [9.17, 15) is 9.59 Å². The van der Waals surface area contributed by atoms with Gasteiger partial charge in [-0.15, -0.1) is 0 Å². The van der Waals surface area contributed by atoms with Crippen molar-refractivity contribution in [3.05, 3.63) is 35.4 Å². The molecule has 0 radical (unpaired) electrons. The Morgan fingerprint density at radius 2 is 1.96 bits per heavy atom. The van der Waals surface area contributed by atoms with Crippen LogP contribution in [0.5, 0.6) is 0 Å². The zero-order chi connectivity index (χ0) is 17.5. The number of carbonyl (C=O) groups excluding carboxylic acids is 2. The van der Waals surface area contributed by atoms with Crippen LogP contribution in [0.3, 0.4) is 0 Å². The van der Waals surface area contributed by atoms with Crippen LogP contribution >= 0.6 is 0 Å². The molecule has 1 aromatic rings. The maximum atomic E-state index is 12.6. The second kappa shape index (κ2) is 8.83. The van der Waals surface area contributed by atoms with E-state index in [1.165, 1.54) is 6.42 Å². The van der Waals surface area contributed by atoms with E-state index in [0.29, 0.717) is 24.7 Å². The van der Waals surface area contributed by atoms with Crippen LogP contribution in [0, 0.1) is 0 Å². The van der Waals surface area contributed by atoms with E-state index in [4.69, 9.17) is 0 Å². The minimum atomic E-state index is -0.0826. The van der Waals surface area contributed by atoms with E-state index in [2.05, 4.69) is 17.1 Å². The molecule has 1 N–H and O–H groups in total. The maximum absolute atomic E-state index is 12.6. The Labute approximate surface area is 145 Å². The van der Waals surface area contributed by atoms with Gasteiger partial charge in [-0.2, -0.15) is 0 Å². The fraction of sp³-hybridized carbons (Fsp3) is 0.579. The number of nitrogens with zero attached hydrogens (tertiary/aromatic N) is 2. The quantitative estimate of drug-likeness (QED) is 0.870. The highest BCUT2D eigenvalue weighted by atomic mass is 16.2. The van der Waals surface area contributed by atoms with Crippen molar-refractivity contribution in [2.24, 2.45) is 0 Å². The minimum absolute atomic E-state index is 0.0826. The van der Waals surface area contributed by atoms with Crippen LogP contribution in [-0.4, -0.2) is 54.8 Å². The molecule has 5 nitrogen and oxygen atoms in total. The Bertz CT molecular complexity index is 556. The minimum Gasteiger partial charge on any atom is -0.355 e. The molecule has 0 bridgehead atoms. The summed E-state index contributed by atoms with van der Waals surface area (Å²) in [5.41, 5.74) is 1.75. The molecule has 0 aliphatic carbocycles. The molecular formula is C19H29N3O2. The summed E-state index contributed by atoms with van der Waals surface area (Å²) in [4.78, 5) is 28.2. The normalized spacial score (nSPS) is 17.8. The molecule has 2 rings (SSSR count). The van der Waals surface area contributed by atoms with Gasteiger partial charge in [-0.25, -0.2) is 0 Å². The van der Waals surface area contributed by atoms with Crippen LogP contribution < -0.4 is 5.32 Å². The van der Waals surface area contributed by atoms with Crippen LogP contribution in [-0.2, 0) is 11.3 Å². The number of likely N-dealkylation sites (N-methyl/N-ethyl adjacent to an activating group) is 1. The Hall–Kier alpha value is -1.88. The Balaban J connectivity index is 1.89. The molecule has 24 heavy (non-hydrogen) atoms. The van der Waals surface area contributed by atoms with Gasteiger partial charge in [0, 0.05) is 31.7 Å². The lowest BCUT2D eigenvalue weighted by molar-refractivity contribution is -0.136. The van der Waals surface area contributed by atoms with Crippen LogP contribution in [0.2, 0.25) is 0 Å². The number of carbonyl (C=O) groups is 2. The molecule has 1 aliphatic heterocycles. The van der Waals surface area contributed by atoms with Crippen molar-refractivity contribution in [1.29, 1.82) is 0 Å². The lowest BCUT2D eigenvalue weighted by atomic mass is 10.00. The summed E-state index contributed by atoms with van der Waals surface area (Å²) >= 11 is 0. The van der Waals surface area contributed by atoms with Crippen molar-refractivity contribution in [1.82, 2.24) is 15.1 Å². The highest BCUT2D eigenvalue weighted by Crippen LogP contribution is 2.19. The van der Waals surface area contributed by atoms with Gasteiger partial charge < -0.3 is 10.2 Å². The molecule has 0 aromatic heterocycles. The monoisotopic (exact) mass is 331 g/mol. The van der Waals surface area contributed by atoms with Gasteiger partial charge in [0.25, 0.3) is 5.91 Å². The first-order chi connectivity index (χ1) is 11.5. The van der Waals surface area contributed by atoms with Crippen molar-refractivity contribution in [2.45, 2.75) is 45.2 Å². The summed E-state index contributed by atoms with van der Waals surface area (Å²) in [7, 11) is 3.59. The number of hydrogen-bond donors (Lipinski definition) is 1. The predicted molar refractivity (Wildman–Crippen MR) is 95.8 cm³/mol. The number of piperidine rings is 1. The number of likely N-dealkylation sites (tertiary alicyclic amines) is 1. The molecule has 1 aromatic carbocycles. The average molecular weight is 331 g/mol. The Morgan fingerprint density at radius 1 is 1.25 bits per heavy atom. The van der Waals surface area contributed by atoms with Gasteiger partial charge in [-0.3, -0.25) is 14.5 Å². The third-order valence-electron chi connectivity index (χ3n) is 4.72. The first-order valence-corrected chi connectivity index (χ1v) is 8.84. The summed E-state index contributed by atoms with van der Waals surface area (Å²) in [6, 6.07) is 7.94. The van der Waals surface area contributed by atoms with Crippen molar-refractivity contribution in [3.8, 4) is 0 Å². The van der Waals surface area contributed by atoms with Crippen molar-refractivity contribution >= 4 is 11.8 Å². The number of amides is 2. The highest BCUT2D eigenvalue weighted by molar-refractivity contribution is 5.93. The molecule has 0 unspecified atom stereocenters. The number of benzene rings is 1. The third kappa shape index (κ3) is 4.81. The third-order valence-corrected chi connectivity index (χ3v) is 4.72. The fourth-order valence-corrected chi connectivity index (χ4v) is 3.35. The smallest absolute Gasteiger partial charge is 0.251 e. The molecule has 132 valence electrons. The van der Waals surface area contributed by atoms with Crippen LogP contribution in [0.1, 0.15) is 48.5 Å². The van der Waals surface area contributed by atoms with Gasteiger partial charge in [-0.1, -0.05) is 19.1 Å². The average Bonchev–Trinajstić information content (AvgIpc) is 2.61. The summed E-state index contributed by atoms with van der Waals surface area (Å²) in [5.74, 6) is 0.145.